The summed E-state index contributed by atoms with van der Waals surface area (Å²) in [5, 5.41) is 7.80. The van der Waals surface area contributed by atoms with Crippen LogP contribution in [-0.4, -0.2) is 15.2 Å². The zero-order valence-electron chi connectivity index (χ0n) is 9.44. The molecule has 2 aromatic rings. The van der Waals surface area contributed by atoms with Crippen molar-refractivity contribution in [3.05, 3.63) is 34.1 Å². The number of nitrogens with two attached hydrogens (primary N) is 1. The van der Waals surface area contributed by atoms with Gasteiger partial charge in [-0.3, -0.25) is 0 Å². The first-order chi connectivity index (χ1) is 8.08. The zero-order chi connectivity index (χ0) is 12.4. The van der Waals surface area contributed by atoms with Crippen LogP contribution in [0, 0.1) is 13.8 Å². The number of halogens is 1. The Kier molecular flexibility index (Phi) is 3.23. The molecule has 0 saturated carbocycles. The van der Waals surface area contributed by atoms with Gasteiger partial charge in [0.1, 0.15) is 0 Å². The van der Waals surface area contributed by atoms with Crippen molar-refractivity contribution in [1.82, 2.24) is 15.2 Å². The van der Waals surface area contributed by atoms with E-state index in [1.165, 1.54) is 0 Å². The molecule has 1 aromatic carbocycles. The molecule has 0 aliphatic heterocycles. The molecule has 2 rings (SSSR count). The van der Waals surface area contributed by atoms with E-state index in [1.807, 2.05) is 26.0 Å². The van der Waals surface area contributed by atoms with Crippen LogP contribution in [0.5, 0.6) is 11.8 Å². The minimum Gasteiger partial charge on any atom is -0.420 e. The molecule has 0 fully saturated rings. The fraction of sp³-hybridized carbons (Fsp3) is 0.182. The quantitative estimate of drug-likeness (QED) is 0.862. The first kappa shape index (κ1) is 11.8. The van der Waals surface area contributed by atoms with Gasteiger partial charge in [0.25, 0.3) is 0 Å². The molecule has 88 valence electrons. The molecule has 1 heterocycles. The minimum atomic E-state index is 0.187. The lowest BCUT2D eigenvalue weighted by atomic mass is 10.3. The number of nitrogens with zero attached hydrogens (tertiary/aromatic N) is 3. The Morgan fingerprint density at radius 3 is 2.59 bits per heavy atom. The summed E-state index contributed by atoms with van der Waals surface area (Å²) in [4.78, 5) is 4.18. The molecule has 0 aliphatic carbocycles. The number of para-hydroxylation sites is 1. The number of benzene rings is 1. The van der Waals surface area contributed by atoms with Crippen LogP contribution in [0.4, 0.5) is 5.69 Å². The summed E-state index contributed by atoms with van der Waals surface area (Å²) in [5.74, 6) is 0.498. The summed E-state index contributed by atoms with van der Waals surface area (Å²) in [6.45, 7) is 3.69. The van der Waals surface area contributed by atoms with Crippen molar-refractivity contribution in [1.29, 1.82) is 0 Å². The second kappa shape index (κ2) is 4.67. The van der Waals surface area contributed by atoms with Crippen LogP contribution in [0.3, 0.4) is 0 Å². The van der Waals surface area contributed by atoms with E-state index in [-0.39, 0.29) is 6.01 Å². The summed E-state index contributed by atoms with van der Waals surface area (Å²) < 4.78 is 6.27. The largest absolute Gasteiger partial charge is 0.420 e. The van der Waals surface area contributed by atoms with Gasteiger partial charge in [0, 0.05) is 0 Å². The van der Waals surface area contributed by atoms with E-state index >= 15 is 0 Å². The highest BCUT2D eigenvalue weighted by Gasteiger charge is 2.09. The smallest absolute Gasteiger partial charge is 0.341 e. The van der Waals surface area contributed by atoms with Gasteiger partial charge in [0.2, 0.25) is 0 Å². The van der Waals surface area contributed by atoms with E-state index in [2.05, 4.69) is 31.1 Å². The van der Waals surface area contributed by atoms with E-state index in [9.17, 15) is 0 Å². The molecule has 6 heteroatoms. The van der Waals surface area contributed by atoms with E-state index in [0.717, 1.165) is 15.9 Å². The van der Waals surface area contributed by atoms with Crippen molar-refractivity contribution in [2.75, 3.05) is 5.73 Å². The molecular weight excluding hydrogens is 284 g/mol. The first-order valence-electron chi connectivity index (χ1n) is 4.97. The van der Waals surface area contributed by atoms with Crippen molar-refractivity contribution >= 4 is 21.6 Å². The Morgan fingerprint density at radius 2 is 1.94 bits per heavy atom. The third kappa shape index (κ3) is 2.52. The van der Waals surface area contributed by atoms with Gasteiger partial charge in [-0.05, 0) is 41.9 Å². The van der Waals surface area contributed by atoms with Gasteiger partial charge >= 0.3 is 6.01 Å². The van der Waals surface area contributed by atoms with Crippen LogP contribution in [0.25, 0.3) is 0 Å². The number of ether oxygens (including phenoxy) is 1. The van der Waals surface area contributed by atoms with Crippen LogP contribution in [-0.2, 0) is 0 Å². The van der Waals surface area contributed by atoms with Gasteiger partial charge in [-0.25, -0.2) is 0 Å². The minimum absolute atomic E-state index is 0.187. The Bertz CT molecular complexity index is 539. The van der Waals surface area contributed by atoms with E-state index < -0.39 is 0 Å². The number of anilines is 1. The van der Waals surface area contributed by atoms with Crippen LogP contribution < -0.4 is 10.5 Å². The molecule has 0 spiro atoms. The van der Waals surface area contributed by atoms with Crippen LogP contribution in [0.1, 0.15) is 11.4 Å². The second-order valence-corrected chi connectivity index (χ2v) is 4.38. The molecule has 1 aromatic heterocycles. The van der Waals surface area contributed by atoms with Gasteiger partial charge in [0.15, 0.2) is 5.75 Å². The standard InChI is InChI=1S/C11H11BrN4O/c1-6-7(2)15-16-11(14-6)17-10-8(12)4-3-5-9(10)13/h3-5H,13H2,1-2H3. The average molecular weight is 295 g/mol. The predicted molar refractivity (Wildman–Crippen MR) is 67.9 cm³/mol. The summed E-state index contributed by atoms with van der Waals surface area (Å²) in [5.41, 5.74) is 7.87. The number of aryl methyl sites for hydroxylation is 2. The van der Waals surface area contributed by atoms with Crippen molar-refractivity contribution < 1.29 is 4.74 Å². The maximum atomic E-state index is 5.81. The SMILES string of the molecule is Cc1nnc(Oc2c(N)cccc2Br)nc1C. The number of hydrogen-bond donors (Lipinski definition) is 1. The molecule has 0 atom stereocenters. The van der Waals surface area contributed by atoms with Crippen molar-refractivity contribution in [3.8, 4) is 11.8 Å². The molecule has 0 saturated heterocycles. The van der Waals surface area contributed by atoms with Crippen molar-refractivity contribution in [3.63, 3.8) is 0 Å². The van der Waals surface area contributed by atoms with Gasteiger partial charge in [-0.2, -0.15) is 4.98 Å². The molecule has 0 aliphatic rings. The third-order valence-electron chi connectivity index (χ3n) is 2.26. The third-order valence-corrected chi connectivity index (χ3v) is 2.89. The van der Waals surface area contributed by atoms with Crippen molar-refractivity contribution in [2.45, 2.75) is 13.8 Å². The lowest BCUT2D eigenvalue weighted by Gasteiger charge is -2.08. The molecule has 0 amide bonds. The molecule has 0 unspecified atom stereocenters. The monoisotopic (exact) mass is 294 g/mol. The summed E-state index contributed by atoms with van der Waals surface area (Å²) >= 11 is 3.36. The first-order valence-corrected chi connectivity index (χ1v) is 5.77. The molecule has 17 heavy (non-hydrogen) atoms. The maximum Gasteiger partial charge on any atom is 0.341 e. The van der Waals surface area contributed by atoms with Crippen LogP contribution in [0.15, 0.2) is 22.7 Å². The summed E-state index contributed by atoms with van der Waals surface area (Å²) in [6, 6.07) is 5.59. The zero-order valence-corrected chi connectivity index (χ0v) is 11.0. The molecule has 0 radical (unpaired) electrons. The van der Waals surface area contributed by atoms with Gasteiger partial charge < -0.3 is 10.5 Å². The Balaban J connectivity index is 2.35. The highest BCUT2D eigenvalue weighted by Crippen LogP contribution is 2.33. The number of rotatable bonds is 2. The average Bonchev–Trinajstić information content (AvgIpc) is 2.28. The maximum absolute atomic E-state index is 5.81. The van der Waals surface area contributed by atoms with E-state index in [0.29, 0.717) is 11.4 Å². The fourth-order valence-electron chi connectivity index (χ4n) is 1.20. The fourth-order valence-corrected chi connectivity index (χ4v) is 1.67. The van der Waals surface area contributed by atoms with E-state index in [1.54, 1.807) is 6.07 Å². The normalized spacial score (nSPS) is 10.3. The Morgan fingerprint density at radius 1 is 1.18 bits per heavy atom. The number of aromatic nitrogens is 3. The second-order valence-electron chi connectivity index (χ2n) is 3.53. The Hall–Kier alpha value is -1.69. The molecule has 2 N–H and O–H groups in total. The molecular formula is C11H11BrN4O. The summed E-state index contributed by atoms with van der Waals surface area (Å²) in [6.07, 6.45) is 0. The number of hydrogen-bond acceptors (Lipinski definition) is 5. The predicted octanol–water partition coefficient (Wildman–Crippen LogP) is 2.63. The van der Waals surface area contributed by atoms with Crippen molar-refractivity contribution in [2.24, 2.45) is 0 Å². The molecule has 0 bridgehead atoms. The van der Waals surface area contributed by atoms with Crippen LogP contribution >= 0.6 is 15.9 Å². The van der Waals surface area contributed by atoms with Gasteiger partial charge in [-0.15, -0.1) is 5.10 Å². The Labute approximate surface area is 107 Å². The van der Waals surface area contributed by atoms with Gasteiger partial charge in [-0.1, -0.05) is 11.2 Å². The van der Waals surface area contributed by atoms with E-state index in [4.69, 9.17) is 10.5 Å². The highest BCUT2D eigenvalue weighted by atomic mass is 79.9. The lowest BCUT2D eigenvalue weighted by molar-refractivity contribution is 0.430. The highest BCUT2D eigenvalue weighted by molar-refractivity contribution is 9.10. The van der Waals surface area contributed by atoms with Gasteiger partial charge in [0.05, 0.1) is 21.5 Å². The number of nitrogen functional groups attached to an aromatic ring is 1. The molecule has 5 nitrogen and oxygen atoms in total. The topological polar surface area (TPSA) is 73.9 Å². The summed E-state index contributed by atoms with van der Waals surface area (Å²) in [7, 11) is 0. The lowest BCUT2D eigenvalue weighted by Crippen LogP contribution is -2.01. The van der Waals surface area contributed by atoms with Crippen LogP contribution in [0.2, 0.25) is 0 Å².